The normalized spacial score (nSPS) is 11.1. The van der Waals surface area contributed by atoms with Gasteiger partial charge in [0.1, 0.15) is 12.1 Å². The van der Waals surface area contributed by atoms with Crippen molar-refractivity contribution in [3.05, 3.63) is 12.0 Å². The lowest BCUT2D eigenvalue weighted by atomic mass is 10.2. The molecule has 0 saturated heterocycles. The van der Waals surface area contributed by atoms with Crippen molar-refractivity contribution in [3.63, 3.8) is 0 Å². The van der Waals surface area contributed by atoms with Crippen LogP contribution in [-0.2, 0) is 7.05 Å². The molecule has 17 heavy (non-hydrogen) atoms. The topological polar surface area (TPSA) is 46.8 Å². The summed E-state index contributed by atoms with van der Waals surface area (Å²) in [5.74, 6) is 0.981. The van der Waals surface area contributed by atoms with Crippen LogP contribution in [0.4, 0.5) is 5.82 Å². The zero-order valence-electron chi connectivity index (χ0n) is 10.9. The van der Waals surface area contributed by atoms with Crippen LogP contribution in [-0.4, -0.2) is 33.3 Å². The summed E-state index contributed by atoms with van der Waals surface area (Å²) in [7, 11) is 3.99. The minimum absolute atomic E-state index is 0.899. The van der Waals surface area contributed by atoms with Crippen molar-refractivity contribution in [1.82, 2.24) is 19.7 Å². The standard InChI is InChI=1S/C12H19N5/c1-5-6-7-16(3)11-10-9(2)15-17(4)12(10)14-8-13-11/h8H,5-7H2,1-4H3. The number of anilines is 1. The molecule has 2 aromatic rings. The zero-order valence-corrected chi connectivity index (χ0v) is 10.9. The second-order valence-electron chi connectivity index (χ2n) is 4.38. The van der Waals surface area contributed by atoms with Gasteiger partial charge in [-0.05, 0) is 13.3 Å². The highest BCUT2D eigenvalue weighted by Crippen LogP contribution is 2.24. The molecule has 5 heteroatoms. The van der Waals surface area contributed by atoms with E-state index in [0.29, 0.717) is 0 Å². The summed E-state index contributed by atoms with van der Waals surface area (Å²) in [6.45, 7) is 5.21. The van der Waals surface area contributed by atoms with Crippen LogP contribution in [0.15, 0.2) is 6.33 Å². The maximum Gasteiger partial charge on any atom is 0.163 e. The van der Waals surface area contributed by atoms with Crippen LogP contribution in [0.2, 0.25) is 0 Å². The number of rotatable bonds is 4. The Bertz CT molecular complexity index is 517. The zero-order chi connectivity index (χ0) is 12.4. The molecule has 2 heterocycles. The quantitative estimate of drug-likeness (QED) is 0.809. The van der Waals surface area contributed by atoms with Crippen molar-refractivity contribution in [2.75, 3.05) is 18.5 Å². The highest BCUT2D eigenvalue weighted by atomic mass is 15.3. The van der Waals surface area contributed by atoms with Crippen LogP contribution in [0, 0.1) is 6.92 Å². The first-order valence-electron chi connectivity index (χ1n) is 6.00. The lowest BCUT2D eigenvalue weighted by molar-refractivity contribution is 0.759. The SMILES string of the molecule is CCCCN(C)c1ncnc2c1c(C)nn2C. The molecule has 0 N–H and O–H groups in total. The van der Waals surface area contributed by atoms with Crippen molar-refractivity contribution in [1.29, 1.82) is 0 Å². The summed E-state index contributed by atoms with van der Waals surface area (Å²) in [5, 5.41) is 5.46. The lowest BCUT2D eigenvalue weighted by Crippen LogP contribution is -2.20. The van der Waals surface area contributed by atoms with Crippen LogP contribution in [0.5, 0.6) is 0 Å². The molecule has 0 aliphatic heterocycles. The van der Waals surface area contributed by atoms with E-state index >= 15 is 0 Å². The smallest absolute Gasteiger partial charge is 0.163 e. The number of aromatic nitrogens is 4. The molecule has 0 spiro atoms. The molecule has 0 aliphatic carbocycles. The maximum absolute atomic E-state index is 4.40. The fourth-order valence-corrected chi connectivity index (χ4v) is 2.05. The molecule has 2 rings (SSSR count). The minimum atomic E-state index is 0.899. The molecule has 0 aromatic carbocycles. The van der Waals surface area contributed by atoms with Gasteiger partial charge >= 0.3 is 0 Å². The van der Waals surface area contributed by atoms with E-state index in [0.717, 1.165) is 29.1 Å². The molecule has 0 saturated carbocycles. The molecule has 0 atom stereocenters. The Morgan fingerprint density at radius 3 is 2.82 bits per heavy atom. The van der Waals surface area contributed by atoms with Gasteiger partial charge in [0.25, 0.3) is 0 Å². The molecule has 92 valence electrons. The molecule has 0 amide bonds. The number of hydrogen-bond acceptors (Lipinski definition) is 4. The maximum atomic E-state index is 4.40. The molecule has 5 nitrogen and oxygen atoms in total. The number of hydrogen-bond donors (Lipinski definition) is 0. The number of aryl methyl sites for hydroxylation is 2. The summed E-state index contributed by atoms with van der Waals surface area (Å²) in [6.07, 6.45) is 3.97. The first-order chi connectivity index (χ1) is 8.15. The molecule has 0 radical (unpaired) electrons. The predicted molar refractivity (Wildman–Crippen MR) is 69.2 cm³/mol. The van der Waals surface area contributed by atoms with Crippen molar-refractivity contribution < 1.29 is 0 Å². The Balaban J connectivity index is 2.46. The van der Waals surface area contributed by atoms with Crippen LogP contribution in [0.3, 0.4) is 0 Å². The van der Waals surface area contributed by atoms with Gasteiger partial charge in [-0.1, -0.05) is 13.3 Å². The van der Waals surface area contributed by atoms with Crippen LogP contribution < -0.4 is 4.90 Å². The highest BCUT2D eigenvalue weighted by Gasteiger charge is 2.14. The van der Waals surface area contributed by atoms with Gasteiger partial charge in [-0.2, -0.15) is 5.10 Å². The van der Waals surface area contributed by atoms with Gasteiger partial charge in [-0.15, -0.1) is 0 Å². The summed E-state index contributed by atoms with van der Waals surface area (Å²) in [5.41, 5.74) is 1.89. The van der Waals surface area contributed by atoms with E-state index in [-0.39, 0.29) is 0 Å². The molecule has 0 unspecified atom stereocenters. The van der Waals surface area contributed by atoms with E-state index in [4.69, 9.17) is 0 Å². The molecule has 0 fully saturated rings. The van der Waals surface area contributed by atoms with Gasteiger partial charge in [0.15, 0.2) is 5.65 Å². The Hall–Kier alpha value is -1.65. The second-order valence-corrected chi connectivity index (χ2v) is 4.38. The average Bonchev–Trinajstić information content (AvgIpc) is 2.62. The van der Waals surface area contributed by atoms with Gasteiger partial charge in [-0.3, -0.25) is 4.68 Å². The average molecular weight is 233 g/mol. The molecular formula is C12H19N5. The fraction of sp³-hybridized carbons (Fsp3) is 0.583. The molecule has 0 bridgehead atoms. The Morgan fingerprint density at radius 1 is 1.35 bits per heavy atom. The Labute approximate surface area is 101 Å². The number of unbranched alkanes of at least 4 members (excludes halogenated alkanes) is 1. The third kappa shape index (κ3) is 2.09. The van der Waals surface area contributed by atoms with E-state index in [1.165, 1.54) is 12.8 Å². The van der Waals surface area contributed by atoms with Gasteiger partial charge < -0.3 is 4.90 Å². The summed E-state index contributed by atoms with van der Waals surface area (Å²) in [6, 6.07) is 0. The minimum Gasteiger partial charge on any atom is -0.359 e. The third-order valence-corrected chi connectivity index (χ3v) is 2.98. The van der Waals surface area contributed by atoms with Gasteiger partial charge in [0.2, 0.25) is 0 Å². The molecule has 0 aliphatic rings. The van der Waals surface area contributed by atoms with Gasteiger partial charge in [-0.25, -0.2) is 9.97 Å². The van der Waals surface area contributed by atoms with Crippen molar-refractivity contribution in [3.8, 4) is 0 Å². The first kappa shape index (κ1) is 11.8. The number of nitrogens with zero attached hydrogens (tertiary/aromatic N) is 5. The summed E-state index contributed by atoms with van der Waals surface area (Å²) < 4.78 is 1.81. The van der Waals surface area contributed by atoms with Crippen molar-refractivity contribution in [2.45, 2.75) is 26.7 Å². The third-order valence-electron chi connectivity index (χ3n) is 2.98. The van der Waals surface area contributed by atoms with Crippen LogP contribution >= 0.6 is 0 Å². The van der Waals surface area contributed by atoms with Crippen molar-refractivity contribution >= 4 is 16.9 Å². The number of fused-ring (bicyclic) bond motifs is 1. The monoisotopic (exact) mass is 233 g/mol. The first-order valence-corrected chi connectivity index (χ1v) is 6.00. The molecular weight excluding hydrogens is 214 g/mol. The van der Waals surface area contributed by atoms with Gasteiger partial charge in [0, 0.05) is 20.6 Å². The van der Waals surface area contributed by atoms with E-state index in [2.05, 4.69) is 33.9 Å². The largest absolute Gasteiger partial charge is 0.359 e. The van der Waals surface area contributed by atoms with E-state index < -0.39 is 0 Å². The second kappa shape index (κ2) is 4.69. The van der Waals surface area contributed by atoms with E-state index in [1.807, 2.05) is 18.7 Å². The lowest BCUT2D eigenvalue weighted by Gasteiger charge is -2.18. The van der Waals surface area contributed by atoms with Crippen molar-refractivity contribution in [2.24, 2.45) is 7.05 Å². The Morgan fingerprint density at radius 2 is 2.12 bits per heavy atom. The van der Waals surface area contributed by atoms with Crippen LogP contribution in [0.1, 0.15) is 25.5 Å². The van der Waals surface area contributed by atoms with E-state index in [9.17, 15) is 0 Å². The highest BCUT2D eigenvalue weighted by molar-refractivity contribution is 5.89. The molecule has 2 aromatic heterocycles. The van der Waals surface area contributed by atoms with Crippen LogP contribution in [0.25, 0.3) is 11.0 Å². The Kier molecular flexibility index (Phi) is 3.26. The summed E-state index contributed by atoms with van der Waals surface area (Å²) in [4.78, 5) is 10.9. The fourth-order valence-electron chi connectivity index (χ4n) is 2.05. The predicted octanol–water partition coefficient (Wildman–Crippen LogP) is 1.91. The van der Waals surface area contributed by atoms with E-state index in [1.54, 1.807) is 6.33 Å². The van der Waals surface area contributed by atoms with Gasteiger partial charge in [0.05, 0.1) is 11.1 Å². The summed E-state index contributed by atoms with van der Waals surface area (Å²) >= 11 is 0.